The van der Waals surface area contributed by atoms with Crippen LogP contribution in [0.25, 0.3) is 0 Å². The normalized spacial score (nSPS) is 19.5. The lowest BCUT2D eigenvalue weighted by molar-refractivity contribution is -0.146. The first-order chi connectivity index (χ1) is 15.1. The summed E-state index contributed by atoms with van der Waals surface area (Å²) in [4.78, 5) is 27.5. The van der Waals surface area contributed by atoms with Gasteiger partial charge in [-0.1, -0.05) is 30.3 Å². The van der Waals surface area contributed by atoms with E-state index in [0.29, 0.717) is 5.56 Å². The zero-order valence-electron chi connectivity index (χ0n) is 17.1. The number of hydrogen-bond donors (Lipinski definition) is 3. The summed E-state index contributed by atoms with van der Waals surface area (Å²) < 4.78 is 28.4. The SMILES string of the molecule is C[C@H](O)C(=O)N1N=C(c2cc(F)ccc2F)SC1(c1ccccc1)N(C)C(N)=NC(N)=O. The van der Waals surface area contributed by atoms with Crippen molar-refractivity contribution in [2.45, 2.75) is 18.0 Å². The van der Waals surface area contributed by atoms with Crippen LogP contribution in [-0.2, 0) is 9.79 Å². The van der Waals surface area contributed by atoms with Crippen molar-refractivity contribution < 1.29 is 23.5 Å². The Labute approximate surface area is 186 Å². The fraction of sp³-hybridized carbons (Fsp3) is 0.200. The number of aliphatic hydroxyl groups excluding tert-OH is 1. The van der Waals surface area contributed by atoms with Gasteiger partial charge in [0.25, 0.3) is 5.91 Å². The van der Waals surface area contributed by atoms with Crippen molar-refractivity contribution in [3.63, 3.8) is 0 Å². The fourth-order valence-corrected chi connectivity index (χ4v) is 4.45. The summed E-state index contributed by atoms with van der Waals surface area (Å²) in [6.45, 7) is 1.24. The Bertz CT molecular complexity index is 1110. The van der Waals surface area contributed by atoms with Gasteiger partial charge in [-0.25, -0.2) is 13.6 Å². The van der Waals surface area contributed by atoms with Crippen molar-refractivity contribution in [2.75, 3.05) is 7.05 Å². The molecule has 0 saturated heterocycles. The molecular formula is C20H20F2N6O3S. The minimum Gasteiger partial charge on any atom is -0.383 e. The number of nitrogens with two attached hydrogens (primary N) is 2. The number of aliphatic imine (C=N–C) groups is 1. The van der Waals surface area contributed by atoms with Crippen LogP contribution >= 0.6 is 11.8 Å². The van der Waals surface area contributed by atoms with E-state index in [9.17, 15) is 23.5 Å². The van der Waals surface area contributed by atoms with E-state index in [1.807, 2.05) is 0 Å². The van der Waals surface area contributed by atoms with Crippen molar-refractivity contribution in [1.29, 1.82) is 0 Å². The molecule has 3 rings (SSSR count). The molecule has 1 aliphatic heterocycles. The Morgan fingerprint density at radius 3 is 2.47 bits per heavy atom. The fourth-order valence-electron chi connectivity index (χ4n) is 3.09. The van der Waals surface area contributed by atoms with Gasteiger partial charge in [-0.3, -0.25) is 4.79 Å². The van der Waals surface area contributed by atoms with Gasteiger partial charge in [-0.2, -0.15) is 15.1 Å². The number of hydrogen-bond acceptors (Lipinski definition) is 5. The number of guanidine groups is 1. The summed E-state index contributed by atoms with van der Waals surface area (Å²) in [6.07, 6.45) is -1.50. The summed E-state index contributed by atoms with van der Waals surface area (Å²) in [5, 5.41) is 15.1. The number of hydrazone groups is 1. The lowest BCUT2D eigenvalue weighted by Gasteiger charge is -2.43. The molecule has 0 fully saturated rings. The van der Waals surface area contributed by atoms with E-state index in [1.165, 1.54) is 18.9 Å². The van der Waals surface area contributed by atoms with Gasteiger partial charge < -0.3 is 21.5 Å². The van der Waals surface area contributed by atoms with E-state index < -0.39 is 34.7 Å². The van der Waals surface area contributed by atoms with Crippen molar-refractivity contribution in [3.05, 3.63) is 71.3 Å². The predicted molar refractivity (Wildman–Crippen MR) is 116 cm³/mol. The van der Waals surface area contributed by atoms with Crippen LogP contribution in [0, 0.1) is 11.6 Å². The van der Waals surface area contributed by atoms with Gasteiger partial charge in [0, 0.05) is 18.2 Å². The molecule has 2 aromatic carbocycles. The molecule has 0 spiro atoms. The van der Waals surface area contributed by atoms with Crippen LogP contribution in [0.3, 0.4) is 0 Å². The molecule has 5 N–H and O–H groups in total. The molecule has 0 radical (unpaired) electrons. The van der Waals surface area contributed by atoms with Gasteiger partial charge in [0.05, 0.1) is 0 Å². The first-order valence-corrected chi connectivity index (χ1v) is 10.1. The molecule has 9 nitrogen and oxygen atoms in total. The van der Waals surface area contributed by atoms with Gasteiger partial charge in [0.1, 0.15) is 22.8 Å². The number of benzene rings is 2. The number of halogens is 2. The molecule has 3 amide bonds. The summed E-state index contributed by atoms with van der Waals surface area (Å²) in [5.41, 5.74) is 11.3. The van der Waals surface area contributed by atoms with Crippen molar-refractivity contribution in [1.82, 2.24) is 9.91 Å². The Morgan fingerprint density at radius 2 is 1.88 bits per heavy atom. The number of amides is 3. The van der Waals surface area contributed by atoms with Crippen LogP contribution < -0.4 is 11.5 Å². The number of carbonyl (C=O) groups excluding carboxylic acids is 2. The van der Waals surface area contributed by atoms with Gasteiger partial charge >= 0.3 is 6.03 Å². The zero-order chi connectivity index (χ0) is 23.6. The maximum absolute atomic E-state index is 14.6. The third-order valence-electron chi connectivity index (χ3n) is 4.61. The van der Waals surface area contributed by atoms with Crippen LogP contribution in [0.4, 0.5) is 13.6 Å². The minimum absolute atomic E-state index is 0.0569. The van der Waals surface area contributed by atoms with E-state index >= 15 is 0 Å². The largest absolute Gasteiger partial charge is 0.383 e. The van der Waals surface area contributed by atoms with E-state index in [0.717, 1.165) is 35.0 Å². The number of nitrogens with zero attached hydrogens (tertiary/aromatic N) is 4. The summed E-state index contributed by atoms with van der Waals surface area (Å²) >= 11 is 0.855. The molecule has 32 heavy (non-hydrogen) atoms. The number of carbonyl (C=O) groups is 2. The van der Waals surface area contributed by atoms with Gasteiger partial charge in [0.2, 0.25) is 11.0 Å². The van der Waals surface area contributed by atoms with Crippen LogP contribution in [0.5, 0.6) is 0 Å². The van der Waals surface area contributed by atoms with Crippen molar-refractivity contribution in [3.8, 4) is 0 Å². The molecule has 2 aromatic rings. The molecule has 0 aliphatic carbocycles. The predicted octanol–water partition coefficient (Wildman–Crippen LogP) is 1.72. The molecule has 1 aliphatic rings. The van der Waals surface area contributed by atoms with Crippen molar-refractivity contribution >= 4 is 34.7 Å². The number of urea groups is 1. The second kappa shape index (κ2) is 8.93. The smallest absolute Gasteiger partial charge is 0.341 e. The molecule has 2 atom stereocenters. The summed E-state index contributed by atoms with van der Waals surface area (Å²) in [5.74, 6) is -2.70. The second-order valence-corrected chi connectivity index (χ2v) is 7.96. The van der Waals surface area contributed by atoms with Crippen LogP contribution in [0.1, 0.15) is 18.1 Å². The Balaban J connectivity index is 2.27. The highest BCUT2D eigenvalue weighted by molar-refractivity contribution is 8.15. The molecule has 0 aromatic heterocycles. The van der Waals surface area contributed by atoms with E-state index in [4.69, 9.17) is 11.5 Å². The minimum atomic E-state index is -1.65. The average Bonchev–Trinajstić information content (AvgIpc) is 3.15. The lowest BCUT2D eigenvalue weighted by atomic mass is 10.1. The summed E-state index contributed by atoms with van der Waals surface area (Å²) in [7, 11) is 1.42. The molecule has 0 saturated carbocycles. The van der Waals surface area contributed by atoms with Crippen molar-refractivity contribution in [2.24, 2.45) is 21.6 Å². The standard InChI is InChI=1S/C20H20F2N6O3S/c1-11(29)17(30)28-20(12-6-4-3-5-7-12,27(2)18(23)25-19(24)31)32-16(26-28)14-10-13(21)8-9-15(14)22/h3-11,29H,1-2H3,(H4,23,24,25,31)/t11-,20?/m0/s1. The molecule has 12 heteroatoms. The first-order valence-electron chi connectivity index (χ1n) is 9.26. The molecule has 168 valence electrons. The van der Waals surface area contributed by atoms with Gasteiger partial charge in [-0.05, 0) is 36.9 Å². The second-order valence-electron chi connectivity index (χ2n) is 6.80. The van der Waals surface area contributed by atoms with E-state index in [1.54, 1.807) is 30.3 Å². The molecular weight excluding hydrogens is 442 g/mol. The first kappa shape index (κ1) is 23.2. The number of rotatable bonds is 4. The third-order valence-corrected chi connectivity index (χ3v) is 6.08. The van der Waals surface area contributed by atoms with Gasteiger partial charge in [0.15, 0.2) is 0 Å². The average molecular weight is 462 g/mol. The van der Waals surface area contributed by atoms with Crippen LogP contribution in [0.2, 0.25) is 0 Å². The number of primary amides is 1. The Morgan fingerprint density at radius 1 is 1.22 bits per heavy atom. The quantitative estimate of drug-likeness (QED) is 0.467. The molecule has 1 unspecified atom stereocenters. The van der Waals surface area contributed by atoms with Crippen LogP contribution in [0.15, 0.2) is 58.6 Å². The highest BCUT2D eigenvalue weighted by Gasteiger charge is 2.53. The molecule has 1 heterocycles. The number of aliphatic hydroxyl groups is 1. The highest BCUT2D eigenvalue weighted by Crippen LogP contribution is 2.49. The monoisotopic (exact) mass is 462 g/mol. The zero-order valence-corrected chi connectivity index (χ0v) is 17.9. The van der Waals surface area contributed by atoms with Crippen LogP contribution in [-0.4, -0.2) is 51.1 Å². The molecule has 0 bridgehead atoms. The van der Waals surface area contributed by atoms with E-state index in [-0.39, 0.29) is 16.6 Å². The third kappa shape index (κ3) is 4.14. The Hall–Kier alpha value is -3.51. The lowest BCUT2D eigenvalue weighted by Crippen LogP contribution is -2.58. The number of thioether (sulfide) groups is 1. The Kier molecular flexibility index (Phi) is 6.46. The highest BCUT2D eigenvalue weighted by atomic mass is 32.2. The van der Waals surface area contributed by atoms with E-state index in [2.05, 4.69) is 10.1 Å². The maximum Gasteiger partial charge on any atom is 0.341 e. The van der Waals surface area contributed by atoms with Gasteiger partial charge in [-0.15, -0.1) is 0 Å². The summed E-state index contributed by atoms with van der Waals surface area (Å²) in [6, 6.07) is 10.1. The topological polar surface area (TPSA) is 138 Å². The maximum atomic E-state index is 14.6.